The van der Waals surface area contributed by atoms with Gasteiger partial charge < -0.3 is 20.1 Å². The van der Waals surface area contributed by atoms with Gasteiger partial charge in [0, 0.05) is 36.6 Å². The number of ether oxygens (including phenoxy) is 1. The zero-order chi connectivity index (χ0) is 26.3. The van der Waals surface area contributed by atoms with E-state index < -0.39 is 22.9 Å². The number of nitrogens with one attached hydrogen (secondary N) is 1. The summed E-state index contributed by atoms with van der Waals surface area (Å²) >= 11 is 0. The predicted octanol–water partition coefficient (Wildman–Crippen LogP) is 3.81. The fourth-order valence-electron chi connectivity index (χ4n) is 4.97. The molecule has 2 aromatic heterocycles. The SMILES string of the molecule is Cc1cc2ccncc2c(Oc2ccc(C[C@H](Nc3c(N4CCCC4(C)C)c(=O)c3=O)C(=O)O)cc2)n1. The van der Waals surface area contributed by atoms with Crippen LogP contribution >= 0.6 is 0 Å². The van der Waals surface area contributed by atoms with Gasteiger partial charge in [-0.1, -0.05) is 12.1 Å². The van der Waals surface area contributed by atoms with E-state index in [-0.39, 0.29) is 17.6 Å². The molecule has 0 saturated carbocycles. The summed E-state index contributed by atoms with van der Waals surface area (Å²) in [5.74, 6) is -0.116. The van der Waals surface area contributed by atoms with Crippen molar-refractivity contribution >= 4 is 28.1 Å². The molecule has 1 saturated heterocycles. The molecule has 5 rings (SSSR count). The van der Waals surface area contributed by atoms with Gasteiger partial charge in [-0.25, -0.2) is 9.78 Å². The Bertz CT molecular complexity index is 1550. The minimum Gasteiger partial charge on any atom is -0.480 e. The van der Waals surface area contributed by atoms with Gasteiger partial charge >= 0.3 is 5.97 Å². The number of fused-ring (bicyclic) bond motifs is 1. The molecule has 4 aromatic rings. The van der Waals surface area contributed by atoms with E-state index in [1.807, 2.05) is 37.8 Å². The highest BCUT2D eigenvalue weighted by atomic mass is 16.5. The topological polar surface area (TPSA) is 122 Å². The fourth-order valence-corrected chi connectivity index (χ4v) is 4.97. The number of nitrogens with zero attached hydrogens (tertiary/aromatic N) is 3. The first-order valence-corrected chi connectivity index (χ1v) is 12.2. The molecule has 1 atom stereocenters. The zero-order valence-corrected chi connectivity index (χ0v) is 20.9. The fraction of sp³-hybridized carbons (Fsp3) is 0.321. The number of pyridine rings is 2. The Kier molecular flexibility index (Phi) is 6.15. The van der Waals surface area contributed by atoms with Crippen molar-refractivity contribution in [2.75, 3.05) is 16.8 Å². The van der Waals surface area contributed by atoms with Crippen molar-refractivity contribution in [2.24, 2.45) is 0 Å². The molecule has 1 aliphatic rings. The van der Waals surface area contributed by atoms with Gasteiger partial charge in [0.15, 0.2) is 0 Å². The highest BCUT2D eigenvalue weighted by Crippen LogP contribution is 2.36. The Balaban J connectivity index is 1.33. The first-order valence-electron chi connectivity index (χ1n) is 12.2. The van der Waals surface area contributed by atoms with Crippen molar-refractivity contribution in [2.45, 2.75) is 51.6 Å². The summed E-state index contributed by atoms with van der Waals surface area (Å²) in [6, 6.07) is 9.81. The highest BCUT2D eigenvalue weighted by molar-refractivity contribution is 5.86. The van der Waals surface area contributed by atoms with Crippen molar-refractivity contribution in [3.63, 3.8) is 0 Å². The van der Waals surface area contributed by atoms with Crippen LogP contribution in [0.2, 0.25) is 0 Å². The van der Waals surface area contributed by atoms with Gasteiger partial charge in [-0.2, -0.15) is 0 Å². The lowest BCUT2D eigenvalue weighted by Crippen LogP contribution is -2.49. The number of aliphatic carboxylic acids is 1. The summed E-state index contributed by atoms with van der Waals surface area (Å²) in [5.41, 5.74) is 0.457. The number of aromatic nitrogens is 2. The van der Waals surface area contributed by atoms with Gasteiger partial charge in [0.2, 0.25) is 5.88 Å². The third-order valence-electron chi connectivity index (χ3n) is 6.98. The van der Waals surface area contributed by atoms with E-state index in [0.29, 0.717) is 23.9 Å². The molecule has 0 radical (unpaired) electrons. The van der Waals surface area contributed by atoms with Gasteiger partial charge in [-0.3, -0.25) is 14.6 Å². The number of carboxylic acids is 1. The molecule has 0 bridgehead atoms. The van der Waals surface area contributed by atoms with E-state index >= 15 is 0 Å². The molecule has 1 aliphatic heterocycles. The molecule has 190 valence electrons. The summed E-state index contributed by atoms with van der Waals surface area (Å²) in [6.45, 7) is 6.59. The number of hydrogen-bond donors (Lipinski definition) is 2. The maximum absolute atomic E-state index is 12.4. The van der Waals surface area contributed by atoms with E-state index in [2.05, 4.69) is 15.3 Å². The maximum atomic E-state index is 12.4. The molecule has 0 spiro atoms. The molecule has 0 aliphatic carbocycles. The minimum absolute atomic E-state index is 0.0957. The first-order chi connectivity index (χ1) is 17.6. The Hall–Kier alpha value is -4.27. The molecule has 2 N–H and O–H groups in total. The lowest BCUT2D eigenvalue weighted by molar-refractivity contribution is -0.137. The van der Waals surface area contributed by atoms with E-state index in [4.69, 9.17) is 4.74 Å². The summed E-state index contributed by atoms with van der Waals surface area (Å²) in [6.07, 6.45) is 5.34. The van der Waals surface area contributed by atoms with Crippen LogP contribution in [-0.2, 0) is 11.2 Å². The second-order valence-corrected chi connectivity index (χ2v) is 10.1. The van der Waals surface area contributed by atoms with Gasteiger partial charge in [-0.05, 0) is 68.8 Å². The first kappa shape index (κ1) is 24.4. The molecular formula is C28H28N4O5. The Morgan fingerprint density at radius 1 is 1.19 bits per heavy atom. The summed E-state index contributed by atoms with van der Waals surface area (Å²) in [7, 11) is 0. The number of aryl methyl sites for hydroxylation is 1. The van der Waals surface area contributed by atoms with Crippen LogP contribution in [0.25, 0.3) is 10.8 Å². The minimum atomic E-state index is -1.11. The Morgan fingerprint density at radius 3 is 2.62 bits per heavy atom. The number of hydrogen-bond acceptors (Lipinski definition) is 8. The quantitative estimate of drug-likeness (QED) is 0.348. The third kappa shape index (κ3) is 4.64. The van der Waals surface area contributed by atoms with Crippen LogP contribution in [0, 0.1) is 6.92 Å². The van der Waals surface area contributed by atoms with Gasteiger partial charge in [0.1, 0.15) is 23.2 Å². The van der Waals surface area contributed by atoms with Gasteiger partial charge in [-0.15, -0.1) is 0 Å². The van der Waals surface area contributed by atoms with Crippen LogP contribution in [-0.4, -0.2) is 39.2 Å². The van der Waals surface area contributed by atoms with Crippen molar-refractivity contribution in [3.05, 3.63) is 80.5 Å². The number of carboxylic acid groups (broad SMARTS) is 1. The molecule has 9 heteroatoms. The van der Waals surface area contributed by atoms with E-state index in [0.717, 1.165) is 34.9 Å². The maximum Gasteiger partial charge on any atom is 0.326 e. The third-order valence-corrected chi connectivity index (χ3v) is 6.98. The van der Waals surface area contributed by atoms with Crippen LogP contribution in [0.5, 0.6) is 11.6 Å². The molecule has 0 amide bonds. The van der Waals surface area contributed by atoms with Crippen molar-refractivity contribution < 1.29 is 14.6 Å². The average molecular weight is 501 g/mol. The number of rotatable bonds is 8. The molecule has 3 heterocycles. The molecule has 1 fully saturated rings. The Labute approximate surface area is 213 Å². The second-order valence-electron chi connectivity index (χ2n) is 10.1. The Morgan fingerprint density at radius 2 is 1.95 bits per heavy atom. The van der Waals surface area contributed by atoms with Crippen LogP contribution in [0.15, 0.2) is 58.4 Å². The predicted molar refractivity (Wildman–Crippen MR) is 142 cm³/mol. The van der Waals surface area contributed by atoms with Gasteiger partial charge in [0.25, 0.3) is 10.9 Å². The normalized spacial score (nSPS) is 15.7. The highest BCUT2D eigenvalue weighted by Gasteiger charge is 2.39. The lowest BCUT2D eigenvalue weighted by atomic mass is 9.99. The van der Waals surface area contributed by atoms with E-state index in [1.165, 1.54) is 0 Å². The molecule has 9 nitrogen and oxygen atoms in total. The number of carbonyl (C=O) groups is 1. The summed E-state index contributed by atoms with van der Waals surface area (Å²) < 4.78 is 6.01. The zero-order valence-electron chi connectivity index (χ0n) is 20.9. The monoisotopic (exact) mass is 500 g/mol. The van der Waals surface area contributed by atoms with Crippen molar-refractivity contribution in [1.82, 2.24) is 9.97 Å². The average Bonchev–Trinajstić information content (AvgIpc) is 3.21. The van der Waals surface area contributed by atoms with E-state index in [9.17, 15) is 19.5 Å². The molecular weight excluding hydrogens is 472 g/mol. The second kappa shape index (κ2) is 9.31. The van der Waals surface area contributed by atoms with Crippen molar-refractivity contribution in [3.8, 4) is 11.6 Å². The van der Waals surface area contributed by atoms with Gasteiger partial charge in [0.05, 0.1) is 5.39 Å². The lowest BCUT2D eigenvalue weighted by Gasteiger charge is -2.35. The smallest absolute Gasteiger partial charge is 0.326 e. The molecule has 0 unspecified atom stereocenters. The summed E-state index contributed by atoms with van der Waals surface area (Å²) in [5, 5.41) is 14.5. The molecule has 2 aromatic carbocycles. The molecule has 37 heavy (non-hydrogen) atoms. The number of anilines is 2. The largest absolute Gasteiger partial charge is 0.480 e. The van der Waals surface area contributed by atoms with Crippen LogP contribution in [0.4, 0.5) is 11.4 Å². The van der Waals surface area contributed by atoms with Crippen LogP contribution in [0.3, 0.4) is 0 Å². The van der Waals surface area contributed by atoms with E-state index in [1.54, 1.807) is 36.7 Å². The van der Waals surface area contributed by atoms with Crippen LogP contribution < -0.4 is 25.8 Å². The standard InChI is InChI=1S/C28H28N4O5/c1-16-13-18-9-11-29-15-20(18)26(30-16)37-19-7-5-17(6-8-19)14-21(27(35)36)31-22-23(25(34)24(22)33)32-12-4-10-28(32,2)3/h5-9,11,13,15,21,31H,4,10,12,14H2,1-3H3,(H,35,36)/t21-/m0/s1. The van der Waals surface area contributed by atoms with Crippen LogP contribution in [0.1, 0.15) is 37.9 Å². The summed E-state index contributed by atoms with van der Waals surface area (Å²) in [4.78, 5) is 47.4. The van der Waals surface area contributed by atoms with Crippen molar-refractivity contribution in [1.29, 1.82) is 0 Å². The number of benzene rings is 1.